The number of aryl methyl sites for hydroxylation is 2. The maximum atomic E-state index is 13.0. The zero-order valence-electron chi connectivity index (χ0n) is 17.5. The number of para-hydroxylation sites is 2. The number of benzene rings is 3. The lowest BCUT2D eigenvalue weighted by Gasteiger charge is -2.10. The number of fused-ring (bicyclic) bond motifs is 2. The van der Waals surface area contributed by atoms with Gasteiger partial charge >= 0.3 is 21.6 Å². The van der Waals surface area contributed by atoms with Gasteiger partial charge in [0.05, 0.1) is 16.3 Å². The molecule has 0 aliphatic carbocycles. The maximum Gasteiger partial charge on any atom is 0.522 e. The second-order valence-electron chi connectivity index (χ2n) is 7.09. The molecule has 0 amide bonds. The predicted molar refractivity (Wildman–Crippen MR) is 116 cm³/mol. The Hall–Kier alpha value is -3.50. The summed E-state index contributed by atoms with van der Waals surface area (Å²) in [6.07, 6.45) is 0. The van der Waals surface area contributed by atoms with Crippen LogP contribution in [0.15, 0.2) is 72.8 Å². The third kappa shape index (κ3) is 5.29. The topological polar surface area (TPSA) is 84.5 Å². The number of carbonyl (C=O) groups excluding carboxylic acids is 1. The van der Waals surface area contributed by atoms with Crippen LogP contribution in [0.4, 0.5) is 13.2 Å². The fourth-order valence-electron chi connectivity index (χ4n) is 3.21. The predicted octanol–water partition coefficient (Wildman–Crippen LogP) is 4.74. The van der Waals surface area contributed by atoms with Crippen LogP contribution < -0.4 is 9.30 Å². The van der Waals surface area contributed by atoms with Crippen molar-refractivity contribution in [2.24, 2.45) is 7.05 Å². The Bertz CT molecular complexity index is 1380. The van der Waals surface area contributed by atoms with Gasteiger partial charge in [0.1, 0.15) is 12.8 Å². The van der Waals surface area contributed by atoms with E-state index in [2.05, 4.69) is 4.57 Å². The van der Waals surface area contributed by atoms with Crippen molar-refractivity contribution in [3.63, 3.8) is 0 Å². The molecule has 172 valence electrons. The van der Waals surface area contributed by atoms with Crippen molar-refractivity contribution in [2.75, 3.05) is 0 Å². The zero-order valence-corrected chi connectivity index (χ0v) is 18.3. The second kappa shape index (κ2) is 9.16. The molecule has 0 saturated heterocycles. The highest BCUT2D eigenvalue weighted by Gasteiger charge is 2.44. The summed E-state index contributed by atoms with van der Waals surface area (Å²) in [6.45, 7) is 2.00. The van der Waals surface area contributed by atoms with E-state index >= 15 is 0 Å². The van der Waals surface area contributed by atoms with Gasteiger partial charge in [-0.25, -0.2) is 4.79 Å². The number of alkyl halides is 3. The lowest BCUT2D eigenvalue weighted by Crippen LogP contribution is -2.31. The molecule has 1 aromatic heterocycles. The second-order valence-corrected chi connectivity index (χ2v) is 8.50. The first-order chi connectivity index (χ1) is 15.4. The van der Waals surface area contributed by atoms with Crippen molar-refractivity contribution in [2.45, 2.75) is 12.4 Å². The first-order valence-corrected chi connectivity index (χ1v) is 11.0. The van der Waals surface area contributed by atoms with Gasteiger partial charge in [0.2, 0.25) is 11.0 Å². The molecule has 6 nitrogen and oxygen atoms in total. The normalized spacial score (nSPS) is 11.7. The molecule has 0 unspecified atom stereocenters. The summed E-state index contributed by atoms with van der Waals surface area (Å²) in [4.78, 5) is 13.0. The molecule has 0 spiro atoms. The minimum Gasteiger partial charge on any atom is -0.423 e. The van der Waals surface area contributed by atoms with E-state index in [4.69, 9.17) is 17.7 Å². The third-order valence-corrected chi connectivity index (χ3v) is 5.38. The summed E-state index contributed by atoms with van der Waals surface area (Å²) >= 11 is 0. The standard InChI is InChI=1S/C22H18NO2.CHF3O3S/c1-15-11-13-16(14-12-15)25-22(24)21-17-7-3-5-9-19(17)23(2)20-10-6-4-8-18(20)21;2-1(3,4)8(5,6)7/h3-14H,1-2H3;(H,5,6,7)/q+1;. The number of rotatable bonds is 2. The number of hydrogen-bond donors (Lipinski definition) is 1. The van der Waals surface area contributed by atoms with Crippen LogP contribution in [0.5, 0.6) is 5.75 Å². The average Bonchev–Trinajstić information content (AvgIpc) is 2.75. The van der Waals surface area contributed by atoms with Crippen LogP contribution >= 0.6 is 0 Å². The van der Waals surface area contributed by atoms with Crippen molar-refractivity contribution in [3.05, 3.63) is 83.9 Å². The number of hydrogen-bond acceptors (Lipinski definition) is 4. The van der Waals surface area contributed by atoms with Gasteiger partial charge in [-0.3, -0.25) is 4.55 Å². The van der Waals surface area contributed by atoms with Crippen molar-refractivity contribution in [3.8, 4) is 5.75 Å². The first-order valence-electron chi connectivity index (χ1n) is 9.52. The van der Waals surface area contributed by atoms with Crippen molar-refractivity contribution in [1.29, 1.82) is 0 Å². The van der Waals surface area contributed by atoms with Gasteiger partial charge in [0.25, 0.3) is 0 Å². The summed E-state index contributed by atoms with van der Waals surface area (Å²) in [7, 11) is -3.83. The molecule has 33 heavy (non-hydrogen) atoms. The van der Waals surface area contributed by atoms with Crippen LogP contribution in [0.25, 0.3) is 21.8 Å². The van der Waals surface area contributed by atoms with E-state index < -0.39 is 15.6 Å². The van der Waals surface area contributed by atoms with Gasteiger partial charge in [-0.2, -0.15) is 26.2 Å². The van der Waals surface area contributed by atoms with Crippen LogP contribution in [0.3, 0.4) is 0 Å². The van der Waals surface area contributed by atoms with Crippen LogP contribution in [0.1, 0.15) is 15.9 Å². The molecule has 1 heterocycles. The third-order valence-electron chi connectivity index (χ3n) is 4.80. The maximum absolute atomic E-state index is 13.0. The molecule has 3 aromatic carbocycles. The van der Waals surface area contributed by atoms with E-state index in [0.717, 1.165) is 27.4 Å². The summed E-state index contributed by atoms with van der Waals surface area (Å²) in [5.41, 5.74) is -1.81. The molecule has 0 atom stereocenters. The number of halogens is 3. The number of esters is 1. The van der Waals surface area contributed by atoms with E-state index in [0.29, 0.717) is 11.3 Å². The Balaban J connectivity index is 0.000000331. The van der Waals surface area contributed by atoms with E-state index in [-0.39, 0.29) is 5.97 Å². The van der Waals surface area contributed by atoms with Gasteiger partial charge in [-0.15, -0.1) is 0 Å². The van der Waals surface area contributed by atoms with Gasteiger partial charge in [-0.05, 0) is 31.2 Å². The molecular formula is C23H19F3NO5S+. The lowest BCUT2D eigenvalue weighted by atomic mass is 10.0. The largest absolute Gasteiger partial charge is 0.522 e. The molecule has 0 radical (unpaired) electrons. The number of ether oxygens (including phenoxy) is 1. The minimum absolute atomic E-state index is 0.336. The molecule has 0 aliphatic rings. The number of aromatic nitrogens is 1. The van der Waals surface area contributed by atoms with Crippen LogP contribution in [-0.4, -0.2) is 24.4 Å². The summed E-state index contributed by atoms with van der Waals surface area (Å²) in [5, 5.41) is 1.78. The smallest absolute Gasteiger partial charge is 0.423 e. The van der Waals surface area contributed by atoms with Gasteiger partial charge in [0, 0.05) is 12.1 Å². The Labute approximate surface area is 187 Å². The Morgan fingerprint density at radius 3 is 1.73 bits per heavy atom. The summed E-state index contributed by atoms with van der Waals surface area (Å²) < 4.78 is 65.3. The van der Waals surface area contributed by atoms with E-state index in [9.17, 15) is 18.0 Å². The molecule has 10 heteroatoms. The van der Waals surface area contributed by atoms with Gasteiger partial charge in [0.15, 0.2) is 0 Å². The Morgan fingerprint density at radius 2 is 1.30 bits per heavy atom. The Morgan fingerprint density at radius 1 is 0.879 bits per heavy atom. The molecule has 0 fully saturated rings. The van der Waals surface area contributed by atoms with Gasteiger partial charge in [-0.1, -0.05) is 42.0 Å². The van der Waals surface area contributed by atoms with Crippen LogP contribution in [0, 0.1) is 6.92 Å². The van der Waals surface area contributed by atoms with Crippen molar-refractivity contribution >= 4 is 37.9 Å². The number of nitrogens with zero attached hydrogens (tertiary/aromatic N) is 1. The molecule has 1 N–H and O–H groups in total. The molecular weight excluding hydrogens is 459 g/mol. The fraction of sp³-hybridized carbons (Fsp3) is 0.130. The molecule has 4 aromatic rings. The number of carbonyl (C=O) groups is 1. The van der Waals surface area contributed by atoms with Crippen molar-refractivity contribution in [1.82, 2.24) is 0 Å². The zero-order chi connectivity index (χ0) is 24.4. The average molecular weight is 478 g/mol. The highest BCUT2D eigenvalue weighted by Crippen LogP contribution is 2.26. The molecule has 0 bridgehead atoms. The lowest BCUT2D eigenvalue weighted by molar-refractivity contribution is -0.617. The number of pyridine rings is 1. The fourth-order valence-corrected chi connectivity index (χ4v) is 3.21. The first kappa shape index (κ1) is 24.1. The molecule has 0 saturated carbocycles. The summed E-state index contributed by atoms with van der Waals surface area (Å²) in [6, 6.07) is 23.3. The quantitative estimate of drug-likeness (QED) is 0.112. The highest BCUT2D eigenvalue weighted by molar-refractivity contribution is 7.86. The SMILES string of the molecule is Cc1ccc(OC(=O)c2c3ccccc3[n+](C)c3ccccc23)cc1.O=S(=O)(O)C(F)(F)F. The van der Waals surface area contributed by atoms with Crippen molar-refractivity contribution < 1.29 is 40.2 Å². The Kier molecular flexibility index (Phi) is 6.71. The monoisotopic (exact) mass is 478 g/mol. The van der Waals surface area contributed by atoms with Gasteiger partial charge < -0.3 is 4.74 Å². The minimum atomic E-state index is -5.84. The van der Waals surface area contributed by atoms with E-state index in [1.54, 1.807) is 0 Å². The highest BCUT2D eigenvalue weighted by atomic mass is 32.2. The van der Waals surface area contributed by atoms with E-state index in [1.165, 1.54) is 0 Å². The molecule has 0 aliphatic heterocycles. The van der Waals surface area contributed by atoms with E-state index in [1.807, 2.05) is 86.8 Å². The summed E-state index contributed by atoms with van der Waals surface area (Å²) in [5.74, 6) is 0.217. The van der Waals surface area contributed by atoms with Crippen LogP contribution in [0.2, 0.25) is 0 Å². The van der Waals surface area contributed by atoms with Crippen LogP contribution in [-0.2, 0) is 17.2 Å². The molecule has 4 rings (SSSR count).